The monoisotopic (exact) mass is 291 g/mol. The largest absolute Gasteiger partial charge is 0.395 e. The molecule has 18 heavy (non-hydrogen) atoms. The minimum atomic E-state index is -3.70. The topological polar surface area (TPSA) is 77.8 Å². The van der Waals surface area contributed by atoms with Gasteiger partial charge in [0.1, 0.15) is 4.90 Å². The average Bonchev–Trinajstić information content (AvgIpc) is 2.70. The molecule has 0 radical (unpaired) electrons. The fraction of sp³-hybridized carbons (Fsp3) is 0.455. The summed E-state index contributed by atoms with van der Waals surface area (Å²) in [5.41, 5.74) is 0.607. The highest BCUT2D eigenvalue weighted by atomic mass is 32.2. The lowest BCUT2D eigenvalue weighted by Gasteiger charge is -2.20. The highest BCUT2D eigenvalue weighted by Crippen LogP contribution is 2.29. The molecule has 5 nitrogen and oxygen atoms in total. The number of rotatable bonds is 7. The van der Waals surface area contributed by atoms with Gasteiger partial charge in [-0.25, -0.2) is 8.42 Å². The third kappa shape index (κ3) is 2.99. The zero-order valence-electron chi connectivity index (χ0n) is 10.2. The van der Waals surface area contributed by atoms with Crippen molar-refractivity contribution in [3.63, 3.8) is 0 Å². The molecule has 0 saturated heterocycles. The molecule has 0 aliphatic rings. The first-order valence-electron chi connectivity index (χ1n) is 5.38. The molecule has 1 rings (SSSR count). The van der Waals surface area contributed by atoms with Crippen LogP contribution in [-0.4, -0.2) is 42.6 Å². The molecule has 0 aliphatic heterocycles. The lowest BCUT2D eigenvalue weighted by Crippen LogP contribution is -2.34. The summed E-state index contributed by atoms with van der Waals surface area (Å²) in [4.78, 5) is 0.560. The average molecular weight is 291 g/mol. The number of nitrogens with zero attached hydrogens (tertiary/aromatic N) is 1. The van der Waals surface area contributed by atoms with Crippen LogP contribution < -0.4 is 0 Å². The second kappa shape index (κ2) is 6.44. The van der Waals surface area contributed by atoms with Crippen molar-refractivity contribution < 1.29 is 18.6 Å². The number of aliphatic hydroxyl groups excluding tert-OH is 2. The van der Waals surface area contributed by atoms with E-state index in [2.05, 4.69) is 6.58 Å². The zero-order chi connectivity index (χ0) is 13.8. The predicted octanol–water partition coefficient (Wildman–Crippen LogP) is 0.718. The van der Waals surface area contributed by atoms with Gasteiger partial charge in [-0.05, 0) is 17.9 Å². The second-order valence-corrected chi connectivity index (χ2v) is 6.54. The summed E-state index contributed by atoms with van der Waals surface area (Å²) in [6, 6.07) is 0. The fourth-order valence-electron chi connectivity index (χ4n) is 1.64. The smallest absolute Gasteiger partial charge is 0.244 e. The summed E-state index contributed by atoms with van der Waals surface area (Å²) in [5, 5.41) is 19.8. The van der Waals surface area contributed by atoms with Gasteiger partial charge in [0, 0.05) is 13.1 Å². The van der Waals surface area contributed by atoms with E-state index in [0.717, 1.165) is 4.31 Å². The first-order chi connectivity index (χ1) is 8.48. The van der Waals surface area contributed by atoms with E-state index in [1.54, 1.807) is 12.3 Å². The highest BCUT2D eigenvalue weighted by Gasteiger charge is 2.28. The standard InChI is InChI=1S/C11H17NO4S2/c1-3-4-12(5-6-13)18(15,16)11-9(2)8-17-10(11)7-14/h3,8,13-14H,1,4-7H2,2H3. The molecule has 0 spiro atoms. The van der Waals surface area contributed by atoms with Gasteiger partial charge in [0.15, 0.2) is 0 Å². The third-order valence-electron chi connectivity index (χ3n) is 2.41. The molecule has 0 amide bonds. The van der Waals surface area contributed by atoms with E-state index in [9.17, 15) is 13.5 Å². The Hall–Kier alpha value is -0.730. The van der Waals surface area contributed by atoms with E-state index in [1.165, 1.54) is 17.4 Å². The minimum Gasteiger partial charge on any atom is -0.395 e. The number of sulfonamides is 1. The summed E-state index contributed by atoms with van der Waals surface area (Å²) in [6.07, 6.45) is 1.47. The lowest BCUT2D eigenvalue weighted by molar-refractivity contribution is 0.259. The van der Waals surface area contributed by atoms with Crippen LogP contribution in [0.5, 0.6) is 0 Å². The van der Waals surface area contributed by atoms with Gasteiger partial charge in [-0.1, -0.05) is 6.08 Å². The van der Waals surface area contributed by atoms with E-state index in [0.29, 0.717) is 10.4 Å². The van der Waals surface area contributed by atoms with E-state index < -0.39 is 10.0 Å². The Labute approximate surface area is 111 Å². The molecule has 1 aromatic rings. The Balaban J connectivity index is 3.25. The zero-order valence-corrected chi connectivity index (χ0v) is 11.8. The van der Waals surface area contributed by atoms with Crippen LogP contribution in [0, 0.1) is 6.92 Å². The van der Waals surface area contributed by atoms with Crippen LogP contribution in [0.15, 0.2) is 22.9 Å². The Morgan fingerprint density at radius 1 is 1.50 bits per heavy atom. The summed E-state index contributed by atoms with van der Waals surface area (Å²) >= 11 is 1.21. The van der Waals surface area contributed by atoms with Crippen LogP contribution in [0.2, 0.25) is 0 Å². The Bertz CT molecular complexity index is 507. The van der Waals surface area contributed by atoms with Crippen molar-refractivity contribution in [2.24, 2.45) is 0 Å². The fourth-order valence-corrected chi connectivity index (χ4v) is 4.65. The lowest BCUT2D eigenvalue weighted by atomic mass is 10.3. The number of aryl methyl sites for hydroxylation is 1. The molecule has 2 N–H and O–H groups in total. The molecule has 1 heterocycles. The van der Waals surface area contributed by atoms with Crippen molar-refractivity contribution in [1.29, 1.82) is 0 Å². The van der Waals surface area contributed by atoms with Crippen molar-refractivity contribution >= 4 is 21.4 Å². The number of hydrogen-bond donors (Lipinski definition) is 2. The molecule has 0 aromatic carbocycles. The van der Waals surface area contributed by atoms with Crippen LogP contribution in [0.25, 0.3) is 0 Å². The number of hydrogen-bond acceptors (Lipinski definition) is 5. The molecular formula is C11H17NO4S2. The molecule has 7 heteroatoms. The van der Waals surface area contributed by atoms with Gasteiger partial charge in [0.05, 0.1) is 18.1 Å². The summed E-state index contributed by atoms with van der Waals surface area (Å²) < 4.78 is 26.0. The summed E-state index contributed by atoms with van der Waals surface area (Å²) in [5.74, 6) is 0. The van der Waals surface area contributed by atoms with Crippen LogP contribution >= 0.6 is 11.3 Å². The molecule has 102 valence electrons. The van der Waals surface area contributed by atoms with Crippen LogP contribution in [0.1, 0.15) is 10.4 Å². The Morgan fingerprint density at radius 3 is 2.67 bits per heavy atom. The molecule has 0 bridgehead atoms. The van der Waals surface area contributed by atoms with Gasteiger partial charge in [-0.15, -0.1) is 17.9 Å². The minimum absolute atomic E-state index is 0.00844. The van der Waals surface area contributed by atoms with Gasteiger partial charge in [-0.3, -0.25) is 0 Å². The maximum absolute atomic E-state index is 12.4. The molecule has 0 unspecified atom stereocenters. The summed E-state index contributed by atoms with van der Waals surface area (Å²) in [6.45, 7) is 4.76. The second-order valence-electron chi connectivity index (χ2n) is 3.70. The van der Waals surface area contributed by atoms with Crippen LogP contribution in [0.3, 0.4) is 0 Å². The van der Waals surface area contributed by atoms with E-state index in [4.69, 9.17) is 5.11 Å². The van der Waals surface area contributed by atoms with Crippen molar-refractivity contribution in [3.05, 3.63) is 28.5 Å². The van der Waals surface area contributed by atoms with E-state index in [-0.39, 0.29) is 31.2 Å². The molecule has 0 fully saturated rings. The van der Waals surface area contributed by atoms with Gasteiger partial charge < -0.3 is 10.2 Å². The van der Waals surface area contributed by atoms with Gasteiger partial charge in [0.2, 0.25) is 10.0 Å². The first-order valence-corrected chi connectivity index (χ1v) is 7.70. The highest BCUT2D eigenvalue weighted by molar-refractivity contribution is 7.89. The summed E-state index contributed by atoms with van der Waals surface area (Å²) in [7, 11) is -3.70. The van der Waals surface area contributed by atoms with E-state index in [1.807, 2.05) is 0 Å². The normalized spacial score (nSPS) is 12.0. The van der Waals surface area contributed by atoms with Crippen molar-refractivity contribution in [2.75, 3.05) is 19.7 Å². The maximum atomic E-state index is 12.4. The maximum Gasteiger partial charge on any atom is 0.244 e. The molecule has 0 atom stereocenters. The quantitative estimate of drug-likeness (QED) is 0.726. The van der Waals surface area contributed by atoms with Gasteiger partial charge in [0.25, 0.3) is 0 Å². The molecule has 0 saturated carbocycles. The van der Waals surface area contributed by atoms with E-state index >= 15 is 0 Å². The third-order valence-corrected chi connectivity index (χ3v) is 5.73. The van der Waals surface area contributed by atoms with Crippen molar-refractivity contribution in [3.8, 4) is 0 Å². The van der Waals surface area contributed by atoms with Gasteiger partial charge >= 0.3 is 0 Å². The number of thiophene rings is 1. The first kappa shape index (κ1) is 15.3. The van der Waals surface area contributed by atoms with Crippen LogP contribution in [0.4, 0.5) is 0 Å². The Morgan fingerprint density at radius 2 is 2.17 bits per heavy atom. The molecular weight excluding hydrogens is 274 g/mol. The molecule has 1 aromatic heterocycles. The van der Waals surface area contributed by atoms with Crippen LogP contribution in [-0.2, 0) is 16.6 Å². The van der Waals surface area contributed by atoms with Crippen molar-refractivity contribution in [2.45, 2.75) is 18.4 Å². The number of aliphatic hydroxyl groups is 2. The predicted molar refractivity (Wildman–Crippen MR) is 71.0 cm³/mol. The van der Waals surface area contributed by atoms with Gasteiger partial charge in [-0.2, -0.15) is 4.31 Å². The SMILES string of the molecule is C=CCN(CCO)S(=O)(=O)c1c(C)csc1CO. The Kier molecular flexibility index (Phi) is 5.48. The molecule has 0 aliphatic carbocycles. The van der Waals surface area contributed by atoms with Crippen molar-refractivity contribution in [1.82, 2.24) is 4.31 Å².